The zero-order chi connectivity index (χ0) is 15.2. The van der Waals surface area contributed by atoms with E-state index in [-0.39, 0.29) is 11.8 Å². The molecular formula is C16H19ClN2O2. The summed E-state index contributed by atoms with van der Waals surface area (Å²) >= 11 is 5.81. The van der Waals surface area contributed by atoms with Gasteiger partial charge in [-0.2, -0.15) is 0 Å². The van der Waals surface area contributed by atoms with Gasteiger partial charge in [0.25, 0.3) is 0 Å². The molecule has 1 aromatic rings. The first-order valence-electron chi connectivity index (χ1n) is 7.03. The molecule has 2 amide bonds. The molecule has 1 aliphatic rings. The van der Waals surface area contributed by atoms with E-state index in [0.29, 0.717) is 24.5 Å². The van der Waals surface area contributed by atoms with Crippen LogP contribution < -0.4 is 0 Å². The Balaban J connectivity index is 1.81. The monoisotopic (exact) mass is 306 g/mol. The lowest BCUT2D eigenvalue weighted by molar-refractivity contribution is -0.130. The molecule has 2 rings (SSSR count). The first-order valence-corrected chi connectivity index (χ1v) is 7.40. The number of hydrogen-bond acceptors (Lipinski definition) is 2. The Labute approximate surface area is 130 Å². The van der Waals surface area contributed by atoms with Gasteiger partial charge >= 0.3 is 0 Å². The van der Waals surface area contributed by atoms with Crippen molar-refractivity contribution >= 4 is 29.5 Å². The van der Waals surface area contributed by atoms with Crippen LogP contribution in [0.3, 0.4) is 0 Å². The number of halogens is 1. The van der Waals surface area contributed by atoms with Crippen molar-refractivity contribution in [1.29, 1.82) is 0 Å². The molecule has 0 bridgehead atoms. The SMILES string of the molecule is CN(CCN1CCCC1=O)C(=O)/C=C/c1ccc(Cl)cc1. The van der Waals surface area contributed by atoms with Gasteiger partial charge in [0.1, 0.15) is 0 Å². The molecule has 0 atom stereocenters. The first-order chi connectivity index (χ1) is 10.1. The van der Waals surface area contributed by atoms with Crippen LogP contribution in [0.2, 0.25) is 5.02 Å². The quantitative estimate of drug-likeness (QED) is 0.784. The van der Waals surface area contributed by atoms with Crippen LogP contribution in [-0.4, -0.2) is 48.3 Å². The molecule has 5 heteroatoms. The van der Waals surface area contributed by atoms with Gasteiger partial charge in [0.2, 0.25) is 11.8 Å². The molecule has 0 aromatic heterocycles. The molecule has 1 aliphatic heterocycles. The summed E-state index contributed by atoms with van der Waals surface area (Å²) in [6.45, 7) is 1.97. The van der Waals surface area contributed by atoms with Crippen molar-refractivity contribution in [3.05, 3.63) is 40.9 Å². The standard InChI is InChI=1S/C16H19ClN2O2/c1-18(11-12-19-10-2-3-16(19)21)15(20)9-6-13-4-7-14(17)8-5-13/h4-9H,2-3,10-12H2,1H3/b9-6+. The molecule has 0 unspecified atom stereocenters. The van der Waals surface area contributed by atoms with Crippen molar-refractivity contribution < 1.29 is 9.59 Å². The zero-order valence-corrected chi connectivity index (χ0v) is 12.8. The van der Waals surface area contributed by atoms with Gasteiger partial charge < -0.3 is 9.80 Å². The lowest BCUT2D eigenvalue weighted by Crippen LogP contribution is -2.36. The van der Waals surface area contributed by atoms with Crippen LogP contribution in [0.15, 0.2) is 30.3 Å². The Morgan fingerprint density at radius 3 is 2.71 bits per heavy atom. The Morgan fingerprint density at radius 1 is 1.38 bits per heavy atom. The highest BCUT2D eigenvalue weighted by Gasteiger charge is 2.20. The average Bonchev–Trinajstić information content (AvgIpc) is 2.89. The van der Waals surface area contributed by atoms with Crippen molar-refractivity contribution in [3.8, 4) is 0 Å². The van der Waals surface area contributed by atoms with Gasteiger partial charge in [0.05, 0.1) is 0 Å². The Bertz CT molecular complexity index is 540. The van der Waals surface area contributed by atoms with Crippen LogP contribution >= 0.6 is 11.6 Å². The Hall–Kier alpha value is -1.81. The van der Waals surface area contributed by atoms with E-state index in [1.54, 1.807) is 30.2 Å². The highest BCUT2D eigenvalue weighted by atomic mass is 35.5. The second-order valence-electron chi connectivity index (χ2n) is 5.13. The number of carbonyl (C=O) groups is 2. The van der Waals surface area contributed by atoms with E-state index in [2.05, 4.69) is 0 Å². The fourth-order valence-electron chi connectivity index (χ4n) is 2.19. The van der Waals surface area contributed by atoms with E-state index >= 15 is 0 Å². The number of carbonyl (C=O) groups excluding carboxylic acids is 2. The van der Waals surface area contributed by atoms with Gasteiger partial charge in [0, 0.05) is 44.2 Å². The van der Waals surface area contributed by atoms with E-state index in [1.807, 2.05) is 17.0 Å². The third-order valence-corrected chi connectivity index (χ3v) is 3.79. The van der Waals surface area contributed by atoms with E-state index < -0.39 is 0 Å². The summed E-state index contributed by atoms with van der Waals surface area (Å²) in [5.41, 5.74) is 0.927. The summed E-state index contributed by atoms with van der Waals surface area (Å²) in [4.78, 5) is 26.9. The molecule has 21 heavy (non-hydrogen) atoms. The topological polar surface area (TPSA) is 40.6 Å². The smallest absolute Gasteiger partial charge is 0.246 e. The minimum atomic E-state index is -0.0726. The summed E-state index contributed by atoms with van der Waals surface area (Å²) < 4.78 is 0. The third-order valence-electron chi connectivity index (χ3n) is 3.54. The maximum Gasteiger partial charge on any atom is 0.246 e. The predicted octanol–water partition coefficient (Wildman–Crippen LogP) is 2.43. The molecule has 1 fully saturated rings. The summed E-state index contributed by atoms with van der Waals surface area (Å²) in [5.74, 6) is 0.115. The average molecular weight is 307 g/mol. The van der Waals surface area contributed by atoms with Gasteiger partial charge in [-0.15, -0.1) is 0 Å². The number of likely N-dealkylation sites (tertiary alicyclic amines) is 1. The summed E-state index contributed by atoms with van der Waals surface area (Å²) in [5, 5.41) is 0.672. The third kappa shape index (κ3) is 4.60. The minimum absolute atomic E-state index is 0.0726. The van der Waals surface area contributed by atoms with Gasteiger partial charge in [-0.05, 0) is 30.2 Å². The molecule has 1 aromatic carbocycles. The van der Waals surface area contributed by atoms with Crippen molar-refractivity contribution in [1.82, 2.24) is 9.80 Å². The lowest BCUT2D eigenvalue weighted by atomic mass is 10.2. The molecule has 4 nitrogen and oxygen atoms in total. The molecule has 0 saturated carbocycles. The maximum absolute atomic E-state index is 12.0. The van der Waals surface area contributed by atoms with Crippen LogP contribution in [0, 0.1) is 0 Å². The summed E-state index contributed by atoms with van der Waals surface area (Å²) in [6, 6.07) is 7.28. The second kappa shape index (κ2) is 7.27. The van der Waals surface area contributed by atoms with Gasteiger partial charge in [0.15, 0.2) is 0 Å². The van der Waals surface area contributed by atoms with Crippen LogP contribution in [-0.2, 0) is 9.59 Å². The largest absolute Gasteiger partial charge is 0.341 e. The number of amides is 2. The van der Waals surface area contributed by atoms with E-state index in [9.17, 15) is 9.59 Å². The van der Waals surface area contributed by atoms with E-state index in [0.717, 1.165) is 18.5 Å². The molecule has 0 aliphatic carbocycles. The van der Waals surface area contributed by atoms with E-state index in [4.69, 9.17) is 11.6 Å². The molecule has 1 heterocycles. The van der Waals surface area contributed by atoms with Crippen molar-refractivity contribution in [2.75, 3.05) is 26.7 Å². The van der Waals surface area contributed by atoms with Crippen LogP contribution in [0.5, 0.6) is 0 Å². The number of likely N-dealkylation sites (N-methyl/N-ethyl adjacent to an activating group) is 1. The maximum atomic E-state index is 12.0. The molecule has 112 valence electrons. The molecule has 1 saturated heterocycles. The number of nitrogens with zero attached hydrogens (tertiary/aromatic N) is 2. The van der Waals surface area contributed by atoms with E-state index in [1.165, 1.54) is 6.08 Å². The van der Waals surface area contributed by atoms with Crippen molar-refractivity contribution in [2.45, 2.75) is 12.8 Å². The second-order valence-corrected chi connectivity index (χ2v) is 5.57. The Morgan fingerprint density at radius 2 is 2.10 bits per heavy atom. The fourth-order valence-corrected chi connectivity index (χ4v) is 2.32. The van der Waals surface area contributed by atoms with Crippen LogP contribution in [0.4, 0.5) is 0 Å². The fraction of sp³-hybridized carbons (Fsp3) is 0.375. The molecule has 0 spiro atoms. The number of benzene rings is 1. The minimum Gasteiger partial charge on any atom is -0.341 e. The zero-order valence-electron chi connectivity index (χ0n) is 12.1. The number of rotatable bonds is 5. The summed E-state index contributed by atoms with van der Waals surface area (Å²) in [7, 11) is 1.75. The van der Waals surface area contributed by atoms with Gasteiger partial charge in [-0.1, -0.05) is 23.7 Å². The predicted molar refractivity (Wildman–Crippen MR) is 83.9 cm³/mol. The van der Waals surface area contributed by atoms with Gasteiger partial charge in [-0.25, -0.2) is 0 Å². The first kappa shape index (κ1) is 15.6. The number of hydrogen-bond donors (Lipinski definition) is 0. The normalized spacial score (nSPS) is 15.0. The van der Waals surface area contributed by atoms with Crippen LogP contribution in [0.1, 0.15) is 18.4 Å². The molecule has 0 radical (unpaired) electrons. The molecular weight excluding hydrogens is 288 g/mol. The van der Waals surface area contributed by atoms with Crippen molar-refractivity contribution in [2.24, 2.45) is 0 Å². The highest BCUT2D eigenvalue weighted by molar-refractivity contribution is 6.30. The summed E-state index contributed by atoms with van der Waals surface area (Å²) in [6.07, 6.45) is 4.85. The highest BCUT2D eigenvalue weighted by Crippen LogP contribution is 2.11. The Kier molecular flexibility index (Phi) is 5.39. The van der Waals surface area contributed by atoms with Crippen LogP contribution in [0.25, 0.3) is 6.08 Å². The lowest BCUT2D eigenvalue weighted by Gasteiger charge is -2.20. The molecule has 0 N–H and O–H groups in total. The van der Waals surface area contributed by atoms with Crippen molar-refractivity contribution in [3.63, 3.8) is 0 Å². The van der Waals surface area contributed by atoms with Gasteiger partial charge in [-0.3, -0.25) is 9.59 Å².